The summed E-state index contributed by atoms with van der Waals surface area (Å²) in [5.74, 6) is 0.797. The number of hydrogen-bond donors (Lipinski definition) is 2. The number of benzene rings is 2. The fourth-order valence-electron chi connectivity index (χ4n) is 1.51. The zero-order valence-corrected chi connectivity index (χ0v) is 11.2. The van der Waals surface area contributed by atoms with Gasteiger partial charge in [-0.1, -0.05) is 48.0 Å². The zero-order chi connectivity index (χ0) is 13.0. The largest absolute Gasteiger partial charge is 0.488 e. The maximum absolute atomic E-state index is 8.99. The fourth-order valence-corrected chi connectivity index (χ4v) is 2.70. The number of halogens is 1. The van der Waals surface area contributed by atoms with Crippen LogP contribution in [0.25, 0.3) is 0 Å². The van der Waals surface area contributed by atoms with Crippen LogP contribution in [0.2, 0.25) is 5.02 Å². The summed E-state index contributed by atoms with van der Waals surface area (Å²) >= 11 is 7.73. The molecule has 0 saturated carbocycles. The van der Waals surface area contributed by atoms with E-state index in [-0.39, 0.29) is 0 Å². The average Bonchev–Trinajstić information content (AvgIpc) is 2.38. The number of rotatable bonds is 4. The summed E-state index contributed by atoms with van der Waals surface area (Å²) in [6.07, 6.45) is 0. The fraction of sp³-hybridized carbons (Fsp3) is 0.0769. The van der Waals surface area contributed by atoms with Crippen molar-refractivity contribution in [2.24, 2.45) is 0 Å². The number of thioether (sulfide) groups is 1. The highest BCUT2D eigenvalue weighted by atomic mass is 35.5. The van der Waals surface area contributed by atoms with Gasteiger partial charge >= 0.3 is 7.12 Å². The lowest BCUT2D eigenvalue weighted by Crippen LogP contribution is -2.29. The van der Waals surface area contributed by atoms with Gasteiger partial charge in [0.25, 0.3) is 0 Å². The van der Waals surface area contributed by atoms with E-state index in [1.165, 1.54) is 0 Å². The van der Waals surface area contributed by atoms with Crippen LogP contribution < -0.4 is 5.46 Å². The SMILES string of the molecule is OB(O)c1ccc(CSc2ccccc2Cl)cc1. The highest BCUT2D eigenvalue weighted by Gasteiger charge is 2.09. The lowest BCUT2D eigenvalue weighted by molar-refractivity contribution is 0.426. The van der Waals surface area contributed by atoms with Crippen LogP contribution in [0.1, 0.15) is 5.56 Å². The van der Waals surface area contributed by atoms with E-state index in [0.717, 1.165) is 21.2 Å². The van der Waals surface area contributed by atoms with Gasteiger partial charge in [0.2, 0.25) is 0 Å². The summed E-state index contributed by atoms with van der Waals surface area (Å²) in [5, 5.41) is 18.7. The first-order valence-corrected chi connectivity index (χ1v) is 6.85. The Kier molecular flexibility index (Phi) is 4.72. The predicted molar refractivity (Wildman–Crippen MR) is 77.3 cm³/mol. The Morgan fingerprint density at radius 2 is 1.67 bits per heavy atom. The molecule has 2 nitrogen and oxygen atoms in total. The molecule has 2 rings (SSSR count). The lowest BCUT2D eigenvalue weighted by atomic mass is 9.80. The minimum absolute atomic E-state index is 0.501. The van der Waals surface area contributed by atoms with Crippen molar-refractivity contribution >= 4 is 35.9 Å². The van der Waals surface area contributed by atoms with Crippen molar-refractivity contribution in [3.8, 4) is 0 Å². The first-order chi connectivity index (χ1) is 8.66. The molecule has 0 amide bonds. The van der Waals surface area contributed by atoms with E-state index in [1.54, 1.807) is 23.9 Å². The van der Waals surface area contributed by atoms with Crippen LogP contribution in [0.5, 0.6) is 0 Å². The van der Waals surface area contributed by atoms with Crippen molar-refractivity contribution in [3.05, 3.63) is 59.1 Å². The Hall–Kier alpha value is -0.935. The van der Waals surface area contributed by atoms with E-state index in [9.17, 15) is 0 Å². The molecule has 0 spiro atoms. The summed E-state index contributed by atoms with van der Waals surface area (Å²) in [4.78, 5) is 1.05. The Morgan fingerprint density at radius 1 is 1.00 bits per heavy atom. The van der Waals surface area contributed by atoms with Gasteiger partial charge in [-0.15, -0.1) is 11.8 Å². The summed E-state index contributed by atoms with van der Waals surface area (Å²) in [5.41, 5.74) is 1.62. The Balaban J connectivity index is 2.00. The molecule has 5 heteroatoms. The summed E-state index contributed by atoms with van der Waals surface area (Å²) in [6.45, 7) is 0. The molecule has 0 aliphatic carbocycles. The highest BCUT2D eigenvalue weighted by molar-refractivity contribution is 7.98. The molecule has 0 aromatic heterocycles. The first kappa shape index (κ1) is 13.5. The van der Waals surface area contributed by atoms with Crippen LogP contribution in [-0.2, 0) is 5.75 Å². The van der Waals surface area contributed by atoms with Crippen LogP contribution in [0.15, 0.2) is 53.4 Å². The highest BCUT2D eigenvalue weighted by Crippen LogP contribution is 2.29. The molecule has 0 aliphatic rings. The smallest absolute Gasteiger partial charge is 0.423 e. The minimum Gasteiger partial charge on any atom is -0.423 e. The molecule has 0 aliphatic heterocycles. The van der Waals surface area contributed by atoms with E-state index in [1.807, 2.05) is 36.4 Å². The third-order valence-corrected chi connectivity index (χ3v) is 4.10. The molecule has 0 bridgehead atoms. The molecule has 18 heavy (non-hydrogen) atoms. The second kappa shape index (κ2) is 6.30. The first-order valence-electron chi connectivity index (χ1n) is 5.49. The van der Waals surface area contributed by atoms with Crippen LogP contribution in [-0.4, -0.2) is 17.2 Å². The van der Waals surface area contributed by atoms with Crippen LogP contribution in [0.3, 0.4) is 0 Å². The van der Waals surface area contributed by atoms with Crippen molar-refractivity contribution in [1.82, 2.24) is 0 Å². The maximum Gasteiger partial charge on any atom is 0.488 e. The Morgan fingerprint density at radius 3 is 2.28 bits per heavy atom. The third kappa shape index (κ3) is 3.53. The second-order valence-corrected chi connectivity index (χ2v) is 5.26. The van der Waals surface area contributed by atoms with Crippen LogP contribution in [0, 0.1) is 0 Å². The number of hydrogen-bond acceptors (Lipinski definition) is 3. The molecule has 2 aromatic rings. The van der Waals surface area contributed by atoms with E-state index in [4.69, 9.17) is 21.6 Å². The monoisotopic (exact) mass is 278 g/mol. The van der Waals surface area contributed by atoms with Gasteiger partial charge in [-0.25, -0.2) is 0 Å². The summed E-state index contributed by atoms with van der Waals surface area (Å²) < 4.78 is 0. The topological polar surface area (TPSA) is 40.5 Å². The summed E-state index contributed by atoms with van der Waals surface area (Å²) in [6, 6.07) is 14.9. The van der Waals surface area contributed by atoms with E-state index in [0.29, 0.717) is 5.46 Å². The van der Waals surface area contributed by atoms with Crippen molar-refractivity contribution in [2.75, 3.05) is 0 Å². The molecule has 2 aromatic carbocycles. The standard InChI is InChI=1S/C13H12BClO2S/c15-12-3-1-2-4-13(12)18-9-10-5-7-11(8-6-10)14(16)17/h1-8,16-17H,9H2. The van der Waals surface area contributed by atoms with Crippen LogP contribution >= 0.6 is 23.4 Å². The molecule has 0 radical (unpaired) electrons. The molecule has 0 unspecified atom stereocenters. The maximum atomic E-state index is 8.99. The molecule has 0 heterocycles. The Bertz CT molecular complexity index is 517. The molecule has 2 N–H and O–H groups in total. The van der Waals surface area contributed by atoms with Gasteiger partial charge in [0.05, 0.1) is 5.02 Å². The minimum atomic E-state index is -1.41. The van der Waals surface area contributed by atoms with Gasteiger partial charge in [0.15, 0.2) is 0 Å². The van der Waals surface area contributed by atoms with Gasteiger partial charge in [-0.3, -0.25) is 0 Å². The second-order valence-electron chi connectivity index (χ2n) is 3.83. The molecule has 0 fully saturated rings. The lowest BCUT2D eigenvalue weighted by Gasteiger charge is -2.05. The normalized spacial score (nSPS) is 10.4. The molecular weight excluding hydrogens is 266 g/mol. The molecule has 0 atom stereocenters. The van der Waals surface area contributed by atoms with Gasteiger partial charge in [-0.2, -0.15) is 0 Å². The van der Waals surface area contributed by atoms with Crippen molar-refractivity contribution in [1.29, 1.82) is 0 Å². The van der Waals surface area contributed by atoms with Gasteiger partial charge in [0.1, 0.15) is 0 Å². The van der Waals surface area contributed by atoms with Crippen molar-refractivity contribution in [3.63, 3.8) is 0 Å². The average molecular weight is 279 g/mol. The van der Waals surface area contributed by atoms with Gasteiger partial charge in [0, 0.05) is 10.6 Å². The van der Waals surface area contributed by atoms with Crippen molar-refractivity contribution in [2.45, 2.75) is 10.6 Å². The summed E-state index contributed by atoms with van der Waals surface area (Å²) in [7, 11) is -1.41. The zero-order valence-electron chi connectivity index (χ0n) is 9.58. The predicted octanol–water partition coefficient (Wildman–Crippen LogP) is 2.31. The van der Waals surface area contributed by atoms with Gasteiger partial charge in [-0.05, 0) is 23.2 Å². The van der Waals surface area contributed by atoms with E-state index in [2.05, 4.69) is 0 Å². The van der Waals surface area contributed by atoms with Gasteiger partial charge < -0.3 is 10.0 Å². The Labute approximate surface area is 116 Å². The molecular formula is C13H12BClO2S. The quantitative estimate of drug-likeness (QED) is 0.666. The van der Waals surface area contributed by atoms with Crippen molar-refractivity contribution < 1.29 is 10.0 Å². The van der Waals surface area contributed by atoms with Crippen LogP contribution in [0.4, 0.5) is 0 Å². The third-order valence-electron chi connectivity index (χ3n) is 2.51. The van der Waals surface area contributed by atoms with E-state index >= 15 is 0 Å². The molecule has 0 saturated heterocycles. The van der Waals surface area contributed by atoms with E-state index < -0.39 is 7.12 Å². The molecule has 92 valence electrons.